The molecule has 0 radical (unpaired) electrons. The van der Waals surface area contributed by atoms with E-state index in [1.807, 2.05) is 24.2 Å². The molecule has 33 heavy (non-hydrogen) atoms. The van der Waals surface area contributed by atoms with E-state index in [0.29, 0.717) is 0 Å². The molecule has 0 saturated carbocycles. The number of nitrogens with zero attached hydrogens (tertiary/aromatic N) is 3. The fourth-order valence-corrected chi connectivity index (χ4v) is 6.00. The van der Waals surface area contributed by atoms with Crippen LogP contribution in [-0.2, 0) is 0 Å². The first kappa shape index (κ1) is 18.5. The molecule has 6 heteroatoms. The third kappa shape index (κ3) is 2.81. The molecule has 7 rings (SSSR count). The third-order valence-electron chi connectivity index (χ3n) is 6.45. The van der Waals surface area contributed by atoms with Gasteiger partial charge in [-0.1, -0.05) is 48.2 Å². The lowest BCUT2D eigenvalue weighted by Gasteiger charge is -2.30. The van der Waals surface area contributed by atoms with E-state index in [1.54, 1.807) is 0 Å². The molecule has 1 aliphatic heterocycles. The van der Waals surface area contributed by atoms with Crippen molar-refractivity contribution in [2.75, 3.05) is 11.9 Å². The molecule has 0 atom stereocenters. The summed E-state index contributed by atoms with van der Waals surface area (Å²) in [4.78, 5) is 4.79. The predicted molar refractivity (Wildman–Crippen MR) is 135 cm³/mol. The summed E-state index contributed by atoms with van der Waals surface area (Å²) in [7, 11) is 2.14. The molecule has 0 fully saturated rings. The van der Waals surface area contributed by atoms with E-state index in [4.69, 9.17) is 0 Å². The Hall–Kier alpha value is -4.03. The minimum atomic E-state index is 1.05. The van der Waals surface area contributed by atoms with Gasteiger partial charge in [-0.05, 0) is 58.7 Å². The van der Waals surface area contributed by atoms with Crippen LogP contribution in [0.1, 0.15) is 0 Å². The Morgan fingerprint density at radius 1 is 0.667 bits per heavy atom. The van der Waals surface area contributed by atoms with Crippen LogP contribution in [0.4, 0.5) is 11.4 Å². The van der Waals surface area contributed by atoms with Crippen LogP contribution in [-0.4, -0.2) is 27.4 Å². The second-order valence-corrected chi connectivity index (χ2v) is 9.38. The van der Waals surface area contributed by atoms with Crippen LogP contribution in [0.2, 0.25) is 0 Å². The van der Waals surface area contributed by atoms with Gasteiger partial charge in [0.1, 0.15) is 0 Å². The molecule has 2 N–H and O–H groups in total. The fraction of sp³-hybridized carbons (Fsp3) is 0.0370. The largest absolute Gasteiger partial charge is 0.343 e. The van der Waals surface area contributed by atoms with Crippen molar-refractivity contribution in [3.8, 4) is 22.3 Å². The van der Waals surface area contributed by atoms with E-state index in [9.17, 15) is 0 Å². The zero-order valence-electron chi connectivity index (χ0n) is 17.8. The summed E-state index contributed by atoms with van der Waals surface area (Å²) < 4.78 is 0. The first-order chi connectivity index (χ1) is 16.3. The number of aromatic amines is 2. The zero-order valence-corrected chi connectivity index (χ0v) is 18.6. The van der Waals surface area contributed by atoms with Gasteiger partial charge in [-0.25, -0.2) is 0 Å². The minimum Gasteiger partial charge on any atom is -0.343 e. The molecular formula is C27H19N5S. The third-order valence-corrected chi connectivity index (χ3v) is 7.55. The van der Waals surface area contributed by atoms with E-state index in [2.05, 4.69) is 105 Å². The maximum atomic E-state index is 4.23. The highest BCUT2D eigenvalue weighted by molar-refractivity contribution is 7.99. The molecule has 1 aliphatic rings. The highest BCUT2D eigenvalue weighted by Crippen LogP contribution is 2.50. The molecule has 2 aromatic heterocycles. The number of aromatic nitrogens is 4. The topological polar surface area (TPSA) is 60.6 Å². The molecule has 0 bridgehead atoms. The lowest BCUT2D eigenvalue weighted by Crippen LogP contribution is -2.14. The summed E-state index contributed by atoms with van der Waals surface area (Å²) >= 11 is 1.83. The Morgan fingerprint density at radius 3 is 1.70 bits per heavy atom. The molecule has 0 saturated heterocycles. The summed E-state index contributed by atoms with van der Waals surface area (Å²) in [6.45, 7) is 0. The summed E-state index contributed by atoms with van der Waals surface area (Å²) in [5, 5.41) is 16.9. The summed E-state index contributed by atoms with van der Waals surface area (Å²) in [5.41, 5.74) is 9.34. The Balaban J connectivity index is 1.33. The normalized spacial score (nSPS) is 12.8. The average molecular weight is 446 g/mol. The van der Waals surface area contributed by atoms with Crippen LogP contribution in [0.5, 0.6) is 0 Å². The molecule has 0 unspecified atom stereocenters. The van der Waals surface area contributed by atoms with Crippen LogP contribution in [0.3, 0.4) is 0 Å². The zero-order chi connectivity index (χ0) is 21.9. The van der Waals surface area contributed by atoms with Crippen molar-refractivity contribution < 1.29 is 0 Å². The highest BCUT2D eigenvalue weighted by Gasteiger charge is 2.22. The molecule has 5 nitrogen and oxygen atoms in total. The molecule has 3 heterocycles. The fourth-order valence-electron chi connectivity index (χ4n) is 4.77. The summed E-state index contributed by atoms with van der Waals surface area (Å²) in [6, 6.07) is 26.0. The number of rotatable bonds is 2. The van der Waals surface area contributed by atoms with Crippen LogP contribution in [0, 0.1) is 0 Å². The predicted octanol–water partition coefficient (Wildman–Crippen LogP) is 7.01. The van der Waals surface area contributed by atoms with Crippen molar-refractivity contribution in [3.05, 3.63) is 85.2 Å². The van der Waals surface area contributed by atoms with Crippen molar-refractivity contribution in [3.63, 3.8) is 0 Å². The number of anilines is 2. The van der Waals surface area contributed by atoms with Gasteiger partial charge in [-0.3, -0.25) is 10.2 Å². The monoisotopic (exact) mass is 445 g/mol. The Labute approximate surface area is 194 Å². The van der Waals surface area contributed by atoms with Gasteiger partial charge in [0, 0.05) is 27.6 Å². The van der Waals surface area contributed by atoms with E-state index in [0.717, 1.165) is 21.8 Å². The van der Waals surface area contributed by atoms with Gasteiger partial charge in [-0.15, -0.1) is 0 Å². The SMILES string of the molecule is CN1c2ccc(-c3cccc4[nH]ncc34)cc2Sc2cc(-c3cccc4[nH]ncc34)ccc21. The van der Waals surface area contributed by atoms with Crippen molar-refractivity contribution in [2.45, 2.75) is 9.79 Å². The van der Waals surface area contributed by atoms with Gasteiger partial charge >= 0.3 is 0 Å². The average Bonchev–Trinajstić information content (AvgIpc) is 3.53. The number of hydrogen-bond donors (Lipinski definition) is 2. The van der Waals surface area contributed by atoms with Crippen LogP contribution in [0.25, 0.3) is 44.1 Å². The second-order valence-electron chi connectivity index (χ2n) is 8.30. The summed E-state index contributed by atoms with van der Waals surface area (Å²) in [5.74, 6) is 0. The first-order valence-electron chi connectivity index (χ1n) is 10.8. The van der Waals surface area contributed by atoms with Gasteiger partial charge in [0.2, 0.25) is 0 Å². The molecule has 0 spiro atoms. The number of H-pyrrole nitrogens is 2. The van der Waals surface area contributed by atoms with Gasteiger partial charge in [0.05, 0.1) is 34.8 Å². The van der Waals surface area contributed by atoms with Crippen molar-refractivity contribution in [1.82, 2.24) is 20.4 Å². The maximum absolute atomic E-state index is 4.23. The lowest BCUT2D eigenvalue weighted by atomic mass is 10.0. The van der Waals surface area contributed by atoms with Gasteiger partial charge < -0.3 is 4.90 Å². The summed E-state index contributed by atoms with van der Waals surface area (Å²) in [6.07, 6.45) is 3.81. The van der Waals surface area contributed by atoms with E-state index < -0.39 is 0 Å². The molecule has 4 aromatic carbocycles. The van der Waals surface area contributed by atoms with Crippen LogP contribution < -0.4 is 4.90 Å². The Bertz CT molecular complexity index is 1560. The second kappa shape index (κ2) is 6.98. The molecular weight excluding hydrogens is 426 g/mol. The van der Waals surface area contributed by atoms with Crippen LogP contribution >= 0.6 is 11.8 Å². The number of hydrogen-bond acceptors (Lipinski definition) is 4. The highest BCUT2D eigenvalue weighted by atomic mass is 32.2. The number of benzene rings is 4. The van der Waals surface area contributed by atoms with Gasteiger partial charge in [-0.2, -0.15) is 10.2 Å². The van der Waals surface area contributed by atoms with Crippen LogP contribution in [0.15, 0.2) is 95.0 Å². The van der Waals surface area contributed by atoms with Gasteiger partial charge in [0.15, 0.2) is 0 Å². The standard InChI is InChI=1S/C27H19N5S/c1-32-24-10-8-16(18-4-2-6-22-20(18)14-28-30-22)12-26(24)33-27-13-17(9-11-25(27)32)19-5-3-7-23-21(19)15-29-31-23/h2-15H,1H3,(H,28,30)(H,29,31). The quantitative estimate of drug-likeness (QED) is 0.301. The Kier molecular flexibility index (Phi) is 3.92. The lowest BCUT2D eigenvalue weighted by molar-refractivity contribution is 1.11. The molecule has 6 aromatic rings. The Morgan fingerprint density at radius 2 is 1.18 bits per heavy atom. The number of nitrogens with one attached hydrogen (secondary N) is 2. The van der Waals surface area contributed by atoms with Crippen molar-refractivity contribution in [1.29, 1.82) is 0 Å². The van der Waals surface area contributed by atoms with E-state index >= 15 is 0 Å². The van der Waals surface area contributed by atoms with Crippen molar-refractivity contribution >= 4 is 44.9 Å². The minimum absolute atomic E-state index is 1.05. The van der Waals surface area contributed by atoms with Crippen molar-refractivity contribution in [2.24, 2.45) is 0 Å². The maximum Gasteiger partial charge on any atom is 0.0656 e. The molecule has 158 valence electrons. The van der Waals surface area contributed by atoms with Gasteiger partial charge in [0.25, 0.3) is 0 Å². The van der Waals surface area contributed by atoms with E-state index in [-0.39, 0.29) is 0 Å². The smallest absolute Gasteiger partial charge is 0.0656 e. The number of fused-ring (bicyclic) bond motifs is 4. The van der Waals surface area contributed by atoms with E-state index in [1.165, 1.54) is 43.4 Å². The first-order valence-corrected chi connectivity index (χ1v) is 11.6. The molecule has 0 amide bonds. The molecule has 0 aliphatic carbocycles.